The number of hydrogen-bond donors (Lipinski definition) is 1. The van der Waals surface area contributed by atoms with E-state index in [4.69, 9.17) is 0 Å². The summed E-state index contributed by atoms with van der Waals surface area (Å²) in [6.07, 6.45) is 3.16. The van der Waals surface area contributed by atoms with Crippen LogP contribution in [-0.4, -0.2) is 15.8 Å². The number of fused-ring (bicyclic) bond motifs is 1. The SMILES string of the molecule is CC1Cc2nn(C)cc2CN1. The van der Waals surface area contributed by atoms with Crippen molar-refractivity contribution in [2.24, 2.45) is 7.05 Å². The summed E-state index contributed by atoms with van der Waals surface area (Å²) in [5.74, 6) is 0. The van der Waals surface area contributed by atoms with Crippen LogP contribution in [-0.2, 0) is 20.0 Å². The van der Waals surface area contributed by atoms with Gasteiger partial charge in [-0.3, -0.25) is 4.68 Å². The van der Waals surface area contributed by atoms with Gasteiger partial charge in [0, 0.05) is 37.8 Å². The predicted molar refractivity (Wildman–Crippen MR) is 43.2 cm³/mol. The van der Waals surface area contributed by atoms with Gasteiger partial charge >= 0.3 is 0 Å². The van der Waals surface area contributed by atoms with Gasteiger partial charge in [-0.1, -0.05) is 0 Å². The van der Waals surface area contributed by atoms with Crippen molar-refractivity contribution in [2.45, 2.75) is 25.9 Å². The highest BCUT2D eigenvalue weighted by Gasteiger charge is 2.16. The molecule has 11 heavy (non-hydrogen) atoms. The number of nitrogens with one attached hydrogen (secondary N) is 1. The highest BCUT2D eigenvalue weighted by Crippen LogP contribution is 2.13. The third-order valence-corrected chi connectivity index (χ3v) is 2.13. The second kappa shape index (κ2) is 2.34. The predicted octanol–water partition coefficient (Wildman–Crippen LogP) is 0.454. The number of hydrogen-bond acceptors (Lipinski definition) is 2. The molecule has 3 nitrogen and oxygen atoms in total. The lowest BCUT2D eigenvalue weighted by atomic mass is 10.1. The van der Waals surface area contributed by atoms with Gasteiger partial charge in [-0.05, 0) is 6.92 Å². The van der Waals surface area contributed by atoms with Crippen LogP contribution < -0.4 is 5.32 Å². The first-order valence-electron chi connectivity index (χ1n) is 4.00. The number of aromatic nitrogens is 2. The van der Waals surface area contributed by atoms with Gasteiger partial charge in [0.05, 0.1) is 5.69 Å². The van der Waals surface area contributed by atoms with Gasteiger partial charge in [-0.2, -0.15) is 5.10 Å². The zero-order valence-electron chi connectivity index (χ0n) is 6.96. The molecule has 2 rings (SSSR count). The van der Waals surface area contributed by atoms with E-state index in [9.17, 15) is 0 Å². The van der Waals surface area contributed by atoms with Crippen LogP contribution >= 0.6 is 0 Å². The van der Waals surface area contributed by atoms with Gasteiger partial charge in [-0.25, -0.2) is 0 Å². The van der Waals surface area contributed by atoms with Gasteiger partial charge in [-0.15, -0.1) is 0 Å². The molecule has 1 atom stereocenters. The van der Waals surface area contributed by atoms with Crippen molar-refractivity contribution < 1.29 is 0 Å². The van der Waals surface area contributed by atoms with E-state index in [1.807, 2.05) is 11.7 Å². The second-order valence-electron chi connectivity index (χ2n) is 3.26. The fourth-order valence-electron chi connectivity index (χ4n) is 1.55. The fourth-order valence-corrected chi connectivity index (χ4v) is 1.55. The summed E-state index contributed by atoms with van der Waals surface area (Å²) in [4.78, 5) is 0. The van der Waals surface area contributed by atoms with Crippen LogP contribution in [0.1, 0.15) is 18.2 Å². The first-order valence-corrected chi connectivity index (χ1v) is 4.00. The molecule has 0 radical (unpaired) electrons. The van der Waals surface area contributed by atoms with Crippen LogP contribution in [0.2, 0.25) is 0 Å². The molecule has 0 spiro atoms. The molecule has 2 heterocycles. The molecule has 1 aliphatic rings. The Morgan fingerprint density at radius 1 is 1.73 bits per heavy atom. The Morgan fingerprint density at radius 3 is 3.36 bits per heavy atom. The Kier molecular flexibility index (Phi) is 1.46. The number of nitrogens with zero attached hydrogens (tertiary/aromatic N) is 2. The molecule has 0 fully saturated rings. The third kappa shape index (κ3) is 1.16. The standard InChI is InChI=1S/C8H13N3/c1-6-3-8-7(4-9-6)5-11(2)10-8/h5-6,9H,3-4H2,1-2H3. The molecule has 60 valence electrons. The Balaban J connectivity index is 2.34. The quantitative estimate of drug-likeness (QED) is 0.583. The molecule has 0 bridgehead atoms. The monoisotopic (exact) mass is 151 g/mol. The molecule has 0 saturated heterocycles. The summed E-state index contributed by atoms with van der Waals surface area (Å²) in [6.45, 7) is 3.17. The van der Waals surface area contributed by atoms with Crippen molar-refractivity contribution in [1.29, 1.82) is 0 Å². The van der Waals surface area contributed by atoms with Crippen molar-refractivity contribution in [3.05, 3.63) is 17.5 Å². The van der Waals surface area contributed by atoms with Crippen LogP contribution in [0.4, 0.5) is 0 Å². The maximum Gasteiger partial charge on any atom is 0.0684 e. The van der Waals surface area contributed by atoms with E-state index in [0.717, 1.165) is 13.0 Å². The van der Waals surface area contributed by atoms with Crippen molar-refractivity contribution in [1.82, 2.24) is 15.1 Å². The summed E-state index contributed by atoms with van der Waals surface area (Å²) in [7, 11) is 1.98. The molecule has 0 amide bonds. The van der Waals surface area contributed by atoms with Crippen LogP contribution in [0.15, 0.2) is 6.20 Å². The fraction of sp³-hybridized carbons (Fsp3) is 0.625. The Morgan fingerprint density at radius 2 is 2.55 bits per heavy atom. The van der Waals surface area contributed by atoms with E-state index in [1.54, 1.807) is 0 Å². The largest absolute Gasteiger partial charge is 0.310 e. The average molecular weight is 151 g/mol. The molecule has 0 aromatic carbocycles. The normalized spacial score (nSPS) is 23.3. The second-order valence-corrected chi connectivity index (χ2v) is 3.26. The van der Waals surface area contributed by atoms with Crippen molar-refractivity contribution >= 4 is 0 Å². The van der Waals surface area contributed by atoms with Gasteiger partial charge in [0.2, 0.25) is 0 Å². The van der Waals surface area contributed by atoms with Crippen molar-refractivity contribution in [3.63, 3.8) is 0 Å². The topological polar surface area (TPSA) is 29.9 Å². The lowest BCUT2D eigenvalue weighted by Crippen LogP contribution is -2.32. The molecule has 3 heteroatoms. The summed E-state index contributed by atoms with van der Waals surface area (Å²) < 4.78 is 1.89. The zero-order valence-corrected chi connectivity index (χ0v) is 6.96. The minimum atomic E-state index is 0.581. The van der Waals surface area contributed by atoms with E-state index >= 15 is 0 Å². The molecule has 1 N–H and O–H groups in total. The summed E-state index contributed by atoms with van der Waals surface area (Å²) >= 11 is 0. The molecule has 0 aliphatic carbocycles. The summed E-state index contributed by atoms with van der Waals surface area (Å²) in [5, 5.41) is 7.78. The van der Waals surface area contributed by atoms with E-state index in [-0.39, 0.29) is 0 Å². The molecule has 1 unspecified atom stereocenters. The minimum absolute atomic E-state index is 0.581. The lowest BCUT2D eigenvalue weighted by molar-refractivity contribution is 0.507. The van der Waals surface area contributed by atoms with Crippen molar-refractivity contribution in [2.75, 3.05) is 0 Å². The maximum atomic E-state index is 4.38. The number of aryl methyl sites for hydroxylation is 1. The number of rotatable bonds is 0. The zero-order chi connectivity index (χ0) is 7.84. The van der Waals surface area contributed by atoms with Gasteiger partial charge in [0.1, 0.15) is 0 Å². The van der Waals surface area contributed by atoms with E-state index in [2.05, 4.69) is 23.5 Å². The van der Waals surface area contributed by atoms with Gasteiger partial charge in [0.25, 0.3) is 0 Å². The molecule has 1 aromatic rings. The van der Waals surface area contributed by atoms with Gasteiger partial charge < -0.3 is 5.32 Å². The third-order valence-electron chi connectivity index (χ3n) is 2.13. The van der Waals surface area contributed by atoms with E-state index < -0.39 is 0 Å². The van der Waals surface area contributed by atoms with Crippen LogP contribution in [0.25, 0.3) is 0 Å². The van der Waals surface area contributed by atoms with E-state index in [1.165, 1.54) is 11.3 Å². The van der Waals surface area contributed by atoms with Crippen LogP contribution in [0.3, 0.4) is 0 Å². The first-order chi connectivity index (χ1) is 5.25. The highest BCUT2D eigenvalue weighted by atomic mass is 15.3. The Labute approximate surface area is 66.4 Å². The lowest BCUT2D eigenvalue weighted by Gasteiger charge is -2.18. The van der Waals surface area contributed by atoms with Crippen molar-refractivity contribution in [3.8, 4) is 0 Å². The smallest absolute Gasteiger partial charge is 0.0684 e. The highest BCUT2D eigenvalue weighted by molar-refractivity contribution is 5.20. The van der Waals surface area contributed by atoms with Crippen LogP contribution in [0.5, 0.6) is 0 Å². The molecular weight excluding hydrogens is 138 g/mol. The maximum absolute atomic E-state index is 4.38. The molecule has 0 saturated carbocycles. The summed E-state index contributed by atoms with van der Waals surface area (Å²) in [6, 6.07) is 0.581. The van der Waals surface area contributed by atoms with E-state index in [0.29, 0.717) is 6.04 Å². The first kappa shape index (κ1) is 6.85. The Bertz CT molecular complexity index is 264. The average Bonchev–Trinajstić information content (AvgIpc) is 2.27. The molecule has 1 aromatic heterocycles. The molecule has 1 aliphatic heterocycles. The summed E-state index contributed by atoms with van der Waals surface area (Å²) in [5.41, 5.74) is 2.62. The Hall–Kier alpha value is -0.830. The minimum Gasteiger partial charge on any atom is -0.310 e. The van der Waals surface area contributed by atoms with Gasteiger partial charge in [0.15, 0.2) is 0 Å². The molecular formula is C8H13N3. The van der Waals surface area contributed by atoms with Crippen LogP contribution in [0, 0.1) is 0 Å².